The highest BCUT2D eigenvalue weighted by Gasteiger charge is 2.06. The third kappa shape index (κ3) is 6.71. The number of hydrogen-bond acceptors (Lipinski definition) is 2. The molecule has 0 spiro atoms. The second-order valence-corrected chi connectivity index (χ2v) is 4.63. The highest BCUT2D eigenvalue weighted by molar-refractivity contribution is 14.0. The molecule has 0 bridgehead atoms. The van der Waals surface area contributed by atoms with E-state index in [4.69, 9.17) is 22.1 Å². The van der Waals surface area contributed by atoms with E-state index < -0.39 is 0 Å². The van der Waals surface area contributed by atoms with E-state index in [-0.39, 0.29) is 35.8 Å². The van der Waals surface area contributed by atoms with E-state index in [9.17, 15) is 4.39 Å². The van der Waals surface area contributed by atoms with E-state index in [0.29, 0.717) is 36.1 Å². The van der Waals surface area contributed by atoms with Crippen LogP contribution in [0.5, 0.6) is 0 Å². The molecule has 1 atom stereocenters. The van der Waals surface area contributed by atoms with E-state index in [1.807, 2.05) is 6.92 Å². The van der Waals surface area contributed by atoms with Gasteiger partial charge in [-0.05, 0) is 25.5 Å². The number of methoxy groups -OCH3 is 1. The van der Waals surface area contributed by atoms with Gasteiger partial charge in [-0.2, -0.15) is 0 Å². The van der Waals surface area contributed by atoms with Gasteiger partial charge in [0, 0.05) is 30.3 Å². The molecular weight excluding hydrogens is 396 g/mol. The van der Waals surface area contributed by atoms with Crippen molar-refractivity contribution >= 4 is 41.5 Å². The number of nitrogens with zero attached hydrogens (tertiary/aromatic N) is 1. The molecule has 114 valence electrons. The summed E-state index contributed by atoms with van der Waals surface area (Å²) in [5.41, 5.74) is 6.17. The van der Waals surface area contributed by atoms with E-state index in [1.165, 1.54) is 6.07 Å². The molecule has 7 heteroatoms. The summed E-state index contributed by atoms with van der Waals surface area (Å²) in [7, 11) is 1.62. The van der Waals surface area contributed by atoms with Crippen LogP contribution in [0.1, 0.15) is 12.5 Å². The summed E-state index contributed by atoms with van der Waals surface area (Å²) < 4.78 is 18.5. The lowest BCUT2D eigenvalue weighted by Crippen LogP contribution is -2.40. The van der Waals surface area contributed by atoms with Crippen molar-refractivity contribution in [1.82, 2.24) is 5.32 Å². The molecule has 0 radical (unpaired) electrons. The molecule has 4 nitrogen and oxygen atoms in total. The molecule has 0 aliphatic rings. The van der Waals surface area contributed by atoms with Crippen LogP contribution in [-0.4, -0.2) is 32.3 Å². The molecule has 1 unspecified atom stereocenters. The average Bonchev–Trinajstić information content (AvgIpc) is 2.33. The van der Waals surface area contributed by atoms with Gasteiger partial charge in [-0.25, -0.2) is 4.39 Å². The number of halogens is 3. The Morgan fingerprint density at radius 2 is 2.25 bits per heavy atom. The molecule has 0 saturated carbocycles. The Kier molecular flexibility index (Phi) is 9.87. The number of guanidine groups is 1. The third-order valence-corrected chi connectivity index (χ3v) is 2.87. The fourth-order valence-corrected chi connectivity index (χ4v) is 1.91. The largest absolute Gasteiger partial charge is 0.383 e. The van der Waals surface area contributed by atoms with Crippen molar-refractivity contribution in [3.63, 3.8) is 0 Å². The summed E-state index contributed by atoms with van der Waals surface area (Å²) in [5, 5.41) is 3.38. The molecule has 1 rings (SSSR count). The van der Waals surface area contributed by atoms with Crippen LogP contribution in [0.25, 0.3) is 0 Å². The number of benzene rings is 1. The third-order valence-electron chi connectivity index (χ3n) is 2.52. The Morgan fingerprint density at radius 3 is 2.85 bits per heavy atom. The van der Waals surface area contributed by atoms with Crippen LogP contribution in [0.4, 0.5) is 4.39 Å². The van der Waals surface area contributed by atoms with Crippen molar-refractivity contribution in [1.29, 1.82) is 0 Å². The van der Waals surface area contributed by atoms with Gasteiger partial charge in [0.2, 0.25) is 0 Å². The smallest absolute Gasteiger partial charge is 0.188 e. The Bertz CT molecular complexity index is 425. The Labute approximate surface area is 140 Å². The molecule has 0 heterocycles. The monoisotopic (exact) mass is 415 g/mol. The standard InChI is InChI=1S/C13H19ClFN3O.HI/c1-9(8-19-2)18-13(16)17-7-6-10-11(14)4-3-5-12(10)15;/h3-5,9H,6-8H2,1-2H3,(H3,16,17,18);1H. The fraction of sp³-hybridized carbons (Fsp3) is 0.462. The summed E-state index contributed by atoms with van der Waals surface area (Å²) in [4.78, 5) is 4.13. The van der Waals surface area contributed by atoms with E-state index >= 15 is 0 Å². The van der Waals surface area contributed by atoms with Gasteiger partial charge < -0.3 is 15.8 Å². The molecule has 20 heavy (non-hydrogen) atoms. The Balaban J connectivity index is 0.00000361. The first kappa shape index (κ1) is 19.4. The van der Waals surface area contributed by atoms with E-state index in [0.717, 1.165) is 0 Å². The summed E-state index contributed by atoms with van der Waals surface area (Å²) in [5.74, 6) is -0.000932. The van der Waals surface area contributed by atoms with Crippen molar-refractivity contribution in [2.45, 2.75) is 19.4 Å². The van der Waals surface area contributed by atoms with Gasteiger partial charge in [0.05, 0.1) is 6.61 Å². The number of nitrogens with two attached hydrogens (primary N) is 1. The van der Waals surface area contributed by atoms with Crippen molar-refractivity contribution in [2.75, 3.05) is 20.3 Å². The summed E-state index contributed by atoms with van der Waals surface area (Å²) in [6.07, 6.45) is 0.409. The molecule has 1 aromatic rings. The van der Waals surface area contributed by atoms with Crippen molar-refractivity contribution in [3.8, 4) is 0 Å². The highest BCUT2D eigenvalue weighted by atomic mass is 127. The molecule has 0 saturated heterocycles. The van der Waals surface area contributed by atoms with Crippen LogP contribution >= 0.6 is 35.6 Å². The fourth-order valence-electron chi connectivity index (χ4n) is 1.65. The molecule has 0 aliphatic heterocycles. The first-order valence-corrected chi connectivity index (χ1v) is 6.40. The number of ether oxygens (including phenoxy) is 1. The van der Waals surface area contributed by atoms with E-state index in [1.54, 1.807) is 19.2 Å². The normalized spacial score (nSPS) is 12.7. The van der Waals surface area contributed by atoms with Crippen LogP contribution < -0.4 is 11.1 Å². The summed E-state index contributed by atoms with van der Waals surface area (Å²) in [6.45, 7) is 2.84. The van der Waals surface area contributed by atoms with Crippen LogP contribution in [0, 0.1) is 5.82 Å². The van der Waals surface area contributed by atoms with E-state index in [2.05, 4.69) is 10.3 Å². The van der Waals surface area contributed by atoms with Gasteiger partial charge in [-0.15, -0.1) is 24.0 Å². The Morgan fingerprint density at radius 1 is 1.55 bits per heavy atom. The van der Waals surface area contributed by atoms with Crippen molar-refractivity contribution < 1.29 is 9.13 Å². The first-order valence-electron chi connectivity index (χ1n) is 6.03. The first-order chi connectivity index (χ1) is 9.04. The second-order valence-electron chi connectivity index (χ2n) is 4.22. The molecule has 0 aromatic heterocycles. The number of hydrogen-bond donors (Lipinski definition) is 2. The lowest BCUT2D eigenvalue weighted by atomic mass is 10.1. The zero-order valence-corrected chi connectivity index (χ0v) is 14.6. The maximum absolute atomic E-state index is 13.5. The van der Waals surface area contributed by atoms with Crippen molar-refractivity contribution in [3.05, 3.63) is 34.6 Å². The molecule has 0 aliphatic carbocycles. The van der Waals surface area contributed by atoms with Gasteiger partial charge in [0.15, 0.2) is 5.96 Å². The van der Waals surface area contributed by atoms with Gasteiger partial charge >= 0.3 is 0 Å². The number of rotatable bonds is 6. The maximum Gasteiger partial charge on any atom is 0.188 e. The maximum atomic E-state index is 13.5. The van der Waals surface area contributed by atoms with Crippen LogP contribution in [0.3, 0.4) is 0 Å². The average molecular weight is 416 g/mol. The minimum atomic E-state index is -0.318. The molecule has 0 amide bonds. The second kappa shape index (κ2) is 10.2. The quantitative estimate of drug-likeness (QED) is 0.426. The zero-order chi connectivity index (χ0) is 14.3. The van der Waals surface area contributed by atoms with Crippen molar-refractivity contribution in [2.24, 2.45) is 10.7 Å². The summed E-state index contributed by atoms with van der Waals surface area (Å²) >= 11 is 5.92. The minimum absolute atomic E-state index is 0. The van der Waals surface area contributed by atoms with Gasteiger partial charge in [-0.3, -0.25) is 4.99 Å². The van der Waals surface area contributed by atoms with Crippen LogP contribution in [0.15, 0.2) is 23.2 Å². The molecule has 1 aromatic carbocycles. The number of nitrogens with one attached hydrogen (secondary N) is 1. The molecular formula is C13H20ClFIN3O. The molecule has 0 fully saturated rings. The lowest BCUT2D eigenvalue weighted by Gasteiger charge is -2.13. The predicted octanol–water partition coefficient (Wildman–Crippen LogP) is 2.58. The predicted molar refractivity (Wildman–Crippen MR) is 91.5 cm³/mol. The van der Waals surface area contributed by atoms with Gasteiger partial charge in [-0.1, -0.05) is 17.7 Å². The van der Waals surface area contributed by atoms with Crippen LogP contribution in [0.2, 0.25) is 5.02 Å². The SMILES string of the molecule is COCC(C)NC(N)=NCCc1c(F)cccc1Cl.I. The van der Waals surface area contributed by atoms with Gasteiger partial charge in [0.1, 0.15) is 5.82 Å². The molecule has 3 N–H and O–H groups in total. The lowest BCUT2D eigenvalue weighted by molar-refractivity contribution is 0.179. The zero-order valence-electron chi connectivity index (χ0n) is 11.5. The Hall–Kier alpha value is -0.600. The minimum Gasteiger partial charge on any atom is -0.383 e. The topological polar surface area (TPSA) is 59.6 Å². The van der Waals surface area contributed by atoms with Crippen LogP contribution in [-0.2, 0) is 11.2 Å². The number of aliphatic imine (C=N–C) groups is 1. The summed E-state index contributed by atoms with van der Waals surface area (Å²) in [6, 6.07) is 4.69. The highest BCUT2D eigenvalue weighted by Crippen LogP contribution is 2.19. The van der Waals surface area contributed by atoms with Gasteiger partial charge in [0.25, 0.3) is 0 Å².